The molecule has 29 heavy (non-hydrogen) atoms. The molecule has 0 aliphatic carbocycles. The second-order valence-corrected chi connectivity index (χ2v) is 8.84. The topological polar surface area (TPSA) is 104 Å². The molecular weight excluding hydrogens is 439 g/mol. The van der Waals surface area contributed by atoms with Gasteiger partial charge in [0, 0.05) is 31.3 Å². The molecule has 2 amide bonds. The van der Waals surface area contributed by atoms with Gasteiger partial charge in [-0.05, 0) is 37.5 Å². The zero-order chi connectivity index (χ0) is 21.7. The van der Waals surface area contributed by atoms with Gasteiger partial charge in [-0.3, -0.25) is 18.6 Å². The summed E-state index contributed by atoms with van der Waals surface area (Å²) >= 11 is 12.3. The summed E-state index contributed by atoms with van der Waals surface area (Å²) in [6, 6.07) is 2.31. The van der Waals surface area contributed by atoms with Gasteiger partial charge in [-0.1, -0.05) is 29.3 Å². The van der Waals surface area contributed by atoms with Crippen molar-refractivity contribution in [1.82, 2.24) is 10.2 Å². The minimum Gasteiger partial charge on any atom is -0.480 e. The van der Waals surface area contributed by atoms with Crippen molar-refractivity contribution in [3.8, 4) is 0 Å². The van der Waals surface area contributed by atoms with Crippen LogP contribution in [0, 0.1) is 5.92 Å². The summed E-state index contributed by atoms with van der Waals surface area (Å²) in [6.07, 6.45) is 5.35. The van der Waals surface area contributed by atoms with Crippen molar-refractivity contribution in [3.05, 3.63) is 33.8 Å². The third kappa shape index (κ3) is 6.04. The van der Waals surface area contributed by atoms with Crippen LogP contribution in [0.15, 0.2) is 23.1 Å². The predicted octanol–water partition coefficient (Wildman–Crippen LogP) is 2.57. The molecule has 1 aliphatic rings. The molecule has 2 N–H and O–H groups in total. The van der Waals surface area contributed by atoms with Gasteiger partial charge in [0.1, 0.15) is 6.04 Å². The van der Waals surface area contributed by atoms with Crippen molar-refractivity contribution in [3.63, 3.8) is 0 Å². The number of rotatable bonds is 6. The number of benzene rings is 1. The SMILES string of the molecule is C[C@H](NC(=O)C1CCN(C(=O)/C=C/c2ccc(S(C)=O)c(Cl)c2Cl)CC1)C(=O)O. The number of amides is 2. The van der Waals surface area contributed by atoms with Gasteiger partial charge in [0.25, 0.3) is 0 Å². The normalized spacial score (nSPS) is 17.2. The van der Waals surface area contributed by atoms with Gasteiger partial charge in [-0.25, -0.2) is 0 Å². The fourth-order valence-electron chi connectivity index (χ4n) is 2.92. The maximum atomic E-state index is 12.4. The Balaban J connectivity index is 1.95. The Bertz CT molecular complexity index is 866. The lowest BCUT2D eigenvalue weighted by Gasteiger charge is -2.31. The summed E-state index contributed by atoms with van der Waals surface area (Å²) in [4.78, 5) is 37.4. The average Bonchev–Trinajstić information content (AvgIpc) is 2.68. The van der Waals surface area contributed by atoms with Crippen molar-refractivity contribution in [2.24, 2.45) is 5.92 Å². The highest BCUT2D eigenvalue weighted by Gasteiger charge is 2.28. The van der Waals surface area contributed by atoms with Crippen molar-refractivity contribution in [2.75, 3.05) is 19.3 Å². The van der Waals surface area contributed by atoms with Gasteiger partial charge in [-0.15, -0.1) is 0 Å². The highest BCUT2D eigenvalue weighted by molar-refractivity contribution is 7.84. The maximum absolute atomic E-state index is 12.4. The summed E-state index contributed by atoms with van der Waals surface area (Å²) < 4.78 is 11.6. The number of hydrogen-bond acceptors (Lipinski definition) is 4. The molecule has 0 aromatic heterocycles. The summed E-state index contributed by atoms with van der Waals surface area (Å²) in [7, 11) is -1.27. The molecule has 1 saturated heterocycles. The number of halogens is 2. The number of carbonyl (C=O) groups excluding carboxylic acids is 2. The third-order valence-corrected chi connectivity index (χ3v) is 6.67. The molecule has 10 heteroatoms. The minimum absolute atomic E-state index is 0.199. The van der Waals surface area contributed by atoms with Crippen molar-refractivity contribution in [1.29, 1.82) is 0 Å². The monoisotopic (exact) mass is 460 g/mol. The molecule has 0 bridgehead atoms. The summed E-state index contributed by atoms with van der Waals surface area (Å²) in [5.74, 6) is -1.94. The Morgan fingerprint density at radius 2 is 1.86 bits per heavy atom. The Kier molecular flexibility index (Phi) is 8.24. The van der Waals surface area contributed by atoms with E-state index in [1.54, 1.807) is 23.1 Å². The molecule has 158 valence electrons. The molecule has 0 saturated carbocycles. The molecule has 1 aliphatic heterocycles. The molecule has 0 spiro atoms. The first-order chi connectivity index (χ1) is 13.6. The van der Waals surface area contributed by atoms with E-state index in [0.29, 0.717) is 36.4 Å². The Labute approximate surface area is 181 Å². The van der Waals surface area contributed by atoms with Crippen LogP contribution in [0.4, 0.5) is 0 Å². The molecule has 2 rings (SSSR count). The van der Waals surface area contributed by atoms with Gasteiger partial charge >= 0.3 is 5.97 Å². The van der Waals surface area contributed by atoms with Crippen LogP contribution in [0.3, 0.4) is 0 Å². The largest absolute Gasteiger partial charge is 0.480 e. The van der Waals surface area contributed by atoms with E-state index in [4.69, 9.17) is 28.3 Å². The van der Waals surface area contributed by atoms with E-state index in [1.165, 1.54) is 19.3 Å². The van der Waals surface area contributed by atoms with Crippen LogP contribution in [-0.2, 0) is 25.2 Å². The molecule has 0 radical (unpaired) electrons. The number of nitrogens with one attached hydrogen (secondary N) is 1. The number of carbonyl (C=O) groups is 3. The van der Waals surface area contributed by atoms with Crippen molar-refractivity contribution in [2.45, 2.75) is 30.7 Å². The summed E-state index contributed by atoms with van der Waals surface area (Å²) in [6.45, 7) is 2.20. The van der Waals surface area contributed by atoms with Gasteiger partial charge in [0.05, 0.1) is 25.7 Å². The predicted molar refractivity (Wildman–Crippen MR) is 112 cm³/mol. The van der Waals surface area contributed by atoms with E-state index in [9.17, 15) is 18.6 Å². The number of hydrogen-bond donors (Lipinski definition) is 2. The van der Waals surface area contributed by atoms with Crippen molar-refractivity contribution >= 4 is 57.9 Å². The summed E-state index contributed by atoms with van der Waals surface area (Å²) in [5.41, 5.74) is 0.538. The fourth-order valence-corrected chi connectivity index (χ4v) is 4.31. The van der Waals surface area contributed by atoms with Gasteiger partial charge in [-0.2, -0.15) is 0 Å². The Morgan fingerprint density at radius 1 is 1.24 bits per heavy atom. The van der Waals surface area contributed by atoms with Gasteiger partial charge < -0.3 is 15.3 Å². The second-order valence-electron chi connectivity index (χ2n) is 6.74. The molecule has 7 nitrogen and oxygen atoms in total. The lowest BCUT2D eigenvalue weighted by Crippen LogP contribution is -2.46. The minimum atomic E-state index is -1.27. The van der Waals surface area contributed by atoms with Gasteiger partial charge in [0.15, 0.2) is 0 Å². The van der Waals surface area contributed by atoms with Gasteiger partial charge in [0.2, 0.25) is 11.8 Å². The Hall–Kier alpha value is -1.90. The zero-order valence-corrected chi connectivity index (χ0v) is 18.3. The van der Waals surface area contributed by atoms with Crippen LogP contribution in [0.25, 0.3) is 6.08 Å². The van der Waals surface area contributed by atoms with E-state index >= 15 is 0 Å². The number of likely N-dealkylation sites (tertiary alicyclic amines) is 1. The first-order valence-corrected chi connectivity index (χ1v) is 11.2. The fraction of sp³-hybridized carbons (Fsp3) is 0.421. The number of aliphatic carboxylic acids is 1. The number of carboxylic acid groups (broad SMARTS) is 1. The van der Waals surface area contributed by atoms with E-state index in [0.717, 1.165) is 0 Å². The number of piperidine rings is 1. The second kappa shape index (κ2) is 10.2. The molecular formula is C19H22Cl2N2O5S. The van der Waals surface area contributed by atoms with Crippen LogP contribution in [0.2, 0.25) is 10.0 Å². The first kappa shape index (κ1) is 23.4. The number of carboxylic acids is 1. The number of nitrogens with zero attached hydrogens (tertiary/aromatic N) is 1. The lowest BCUT2D eigenvalue weighted by atomic mass is 9.95. The van der Waals surface area contributed by atoms with Crippen LogP contribution in [-0.4, -0.2) is 57.4 Å². The standard InChI is InChI=1S/C19H22Cl2N2O5S/c1-11(19(26)27)22-18(25)13-7-9-23(10-8-13)15(24)6-4-12-3-5-14(29(2)28)17(21)16(12)20/h3-6,11,13H,7-10H2,1-2H3,(H,22,25)(H,26,27)/b6-4+/t11-,29?/m0/s1. The molecule has 1 unspecified atom stereocenters. The maximum Gasteiger partial charge on any atom is 0.325 e. The van der Waals surface area contributed by atoms with Crippen molar-refractivity contribution < 1.29 is 23.7 Å². The first-order valence-electron chi connectivity index (χ1n) is 8.93. The highest BCUT2D eigenvalue weighted by atomic mass is 35.5. The molecule has 1 fully saturated rings. The Morgan fingerprint density at radius 3 is 2.41 bits per heavy atom. The van der Waals surface area contributed by atoms with Crippen LogP contribution < -0.4 is 5.32 Å². The van der Waals surface area contributed by atoms with E-state index < -0.39 is 22.8 Å². The van der Waals surface area contributed by atoms with E-state index in [-0.39, 0.29) is 27.8 Å². The highest BCUT2D eigenvalue weighted by Crippen LogP contribution is 2.32. The van der Waals surface area contributed by atoms with Crippen LogP contribution in [0.1, 0.15) is 25.3 Å². The lowest BCUT2D eigenvalue weighted by molar-refractivity contribution is -0.142. The molecule has 1 aromatic carbocycles. The molecule has 2 atom stereocenters. The molecule has 1 aromatic rings. The smallest absolute Gasteiger partial charge is 0.325 e. The third-order valence-electron chi connectivity index (χ3n) is 4.70. The zero-order valence-electron chi connectivity index (χ0n) is 16.0. The average molecular weight is 461 g/mol. The summed E-state index contributed by atoms with van der Waals surface area (Å²) in [5, 5.41) is 11.8. The van der Waals surface area contributed by atoms with E-state index in [2.05, 4.69) is 5.32 Å². The quantitative estimate of drug-likeness (QED) is 0.634. The van der Waals surface area contributed by atoms with E-state index in [1.807, 2.05) is 0 Å². The molecule has 1 heterocycles. The van der Waals surface area contributed by atoms with Crippen LogP contribution >= 0.6 is 23.2 Å². The van der Waals surface area contributed by atoms with Crippen LogP contribution in [0.5, 0.6) is 0 Å².